The molecule has 1 aromatic carbocycles. The summed E-state index contributed by atoms with van der Waals surface area (Å²) in [6.07, 6.45) is 16.9. The Morgan fingerprint density at radius 3 is 1.61 bits per heavy atom. The molecular formula is C28H49NOS. The topological polar surface area (TPSA) is 29.1 Å². The SMILES string of the molecule is CCCCCCCCCCCCCCC(S)C(=O)Nc1c(C(C)C)cccc1C(C)C. The average molecular weight is 448 g/mol. The summed E-state index contributed by atoms with van der Waals surface area (Å²) in [6, 6.07) is 6.36. The van der Waals surface area contributed by atoms with Crippen LogP contribution in [-0.4, -0.2) is 11.2 Å². The van der Waals surface area contributed by atoms with Crippen LogP contribution in [0.1, 0.15) is 141 Å². The molecule has 2 nitrogen and oxygen atoms in total. The fraction of sp³-hybridized carbons (Fsp3) is 0.750. The fourth-order valence-corrected chi connectivity index (χ4v) is 4.46. The van der Waals surface area contributed by atoms with Crippen LogP contribution in [0.3, 0.4) is 0 Å². The maximum absolute atomic E-state index is 12.8. The number of para-hydroxylation sites is 1. The predicted molar refractivity (Wildman–Crippen MR) is 142 cm³/mol. The molecule has 0 aliphatic carbocycles. The van der Waals surface area contributed by atoms with Crippen LogP contribution in [0.15, 0.2) is 18.2 Å². The van der Waals surface area contributed by atoms with Gasteiger partial charge in [0.1, 0.15) is 0 Å². The molecule has 1 atom stereocenters. The molecule has 0 fully saturated rings. The Balaban J connectivity index is 2.28. The van der Waals surface area contributed by atoms with Crippen molar-refractivity contribution in [2.45, 2.75) is 135 Å². The van der Waals surface area contributed by atoms with Gasteiger partial charge in [-0.25, -0.2) is 0 Å². The van der Waals surface area contributed by atoms with E-state index in [-0.39, 0.29) is 11.2 Å². The highest BCUT2D eigenvalue weighted by molar-refractivity contribution is 7.81. The summed E-state index contributed by atoms with van der Waals surface area (Å²) in [5, 5.41) is 2.99. The van der Waals surface area contributed by atoms with Crippen molar-refractivity contribution in [1.82, 2.24) is 0 Å². The van der Waals surface area contributed by atoms with Crippen LogP contribution in [0.4, 0.5) is 5.69 Å². The minimum atomic E-state index is -0.233. The third-order valence-electron chi connectivity index (χ3n) is 6.25. The van der Waals surface area contributed by atoms with Crippen LogP contribution in [0.2, 0.25) is 0 Å². The smallest absolute Gasteiger partial charge is 0.237 e. The summed E-state index contributed by atoms with van der Waals surface area (Å²) in [5.41, 5.74) is 3.43. The highest BCUT2D eigenvalue weighted by Crippen LogP contribution is 2.32. The van der Waals surface area contributed by atoms with E-state index in [9.17, 15) is 4.79 Å². The fourth-order valence-electron chi connectivity index (χ4n) is 4.21. The molecule has 0 saturated heterocycles. The van der Waals surface area contributed by atoms with Crippen LogP contribution in [0, 0.1) is 0 Å². The van der Waals surface area contributed by atoms with Crippen LogP contribution < -0.4 is 5.32 Å². The molecule has 1 aromatic rings. The molecule has 0 aliphatic heterocycles. The van der Waals surface area contributed by atoms with Gasteiger partial charge in [-0.15, -0.1) is 0 Å². The lowest BCUT2D eigenvalue weighted by Crippen LogP contribution is -2.25. The molecule has 3 heteroatoms. The standard InChI is InChI=1S/C28H49NOS/c1-6-7-8-9-10-11-12-13-14-15-16-17-21-26(31)28(30)29-27-24(22(2)3)19-18-20-25(27)23(4)5/h18-20,22-23,26,31H,6-17,21H2,1-5H3,(H,29,30). The third kappa shape index (κ3) is 11.5. The van der Waals surface area contributed by atoms with Gasteiger partial charge in [0.25, 0.3) is 0 Å². The van der Waals surface area contributed by atoms with Crippen molar-refractivity contribution in [3.8, 4) is 0 Å². The van der Waals surface area contributed by atoms with Crippen molar-refractivity contribution < 1.29 is 4.79 Å². The van der Waals surface area contributed by atoms with Crippen LogP contribution in [0.25, 0.3) is 0 Å². The summed E-state index contributed by atoms with van der Waals surface area (Å²) in [5.74, 6) is 0.800. The first-order valence-electron chi connectivity index (χ1n) is 13.0. The summed E-state index contributed by atoms with van der Waals surface area (Å²) >= 11 is 4.62. The lowest BCUT2D eigenvalue weighted by Gasteiger charge is -2.21. The molecule has 0 aromatic heterocycles. The molecule has 1 N–H and O–H groups in total. The molecule has 178 valence electrons. The van der Waals surface area contributed by atoms with Crippen LogP contribution >= 0.6 is 12.6 Å². The number of hydrogen-bond donors (Lipinski definition) is 2. The first kappa shape index (κ1) is 28.1. The van der Waals surface area contributed by atoms with Gasteiger partial charge >= 0.3 is 0 Å². The second kappa shape index (κ2) is 16.6. The second-order valence-electron chi connectivity index (χ2n) is 9.80. The van der Waals surface area contributed by atoms with E-state index < -0.39 is 0 Å². The van der Waals surface area contributed by atoms with Gasteiger partial charge in [-0.2, -0.15) is 12.6 Å². The second-order valence-corrected chi connectivity index (χ2v) is 10.4. The van der Waals surface area contributed by atoms with Crippen molar-refractivity contribution in [1.29, 1.82) is 0 Å². The molecule has 0 spiro atoms. The van der Waals surface area contributed by atoms with E-state index in [0.717, 1.165) is 18.5 Å². The van der Waals surface area contributed by atoms with E-state index in [0.29, 0.717) is 11.8 Å². The first-order chi connectivity index (χ1) is 14.9. The predicted octanol–water partition coefficient (Wildman–Crippen LogP) is 9.26. The highest BCUT2D eigenvalue weighted by atomic mass is 32.1. The Morgan fingerprint density at radius 1 is 0.774 bits per heavy atom. The van der Waals surface area contributed by atoms with Crippen molar-refractivity contribution >= 4 is 24.2 Å². The Kier molecular flexibility index (Phi) is 15.1. The lowest BCUT2D eigenvalue weighted by atomic mass is 9.92. The highest BCUT2D eigenvalue weighted by Gasteiger charge is 2.19. The van der Waals surface area contributed by atoms with E-state index in [1.165, 1.54) is 81.8 Å². The zero-order chi connectivity index (χ0) is 23.1. The molecule has 1 unspecified atom stereocenters. The third-order valence-corrected chi connectivity index (χ3v) is 6.75. The number of amides is 1. The van der Waals surface area contributed by atoms with E-state index in [1.54, 1.807) is 0 Å². The molecule has 31 heavy (non-hydrogen) atoms. The quantitative estimate of drug-likeness (QED) is 0.181. The number of unbranched alkanes of at least 4 members (excludes halogenated alkanes) is 11. The maximum atomic E-state index is 12.8. The lowest BCUT2D eigenvalue weighted by molar-refractivity contribution is -0.115. The number of anilines is 1. The van der Waals surface area contributed by atoms with E-state index >= 15 is 0 Å². The normalized spacial score (nSPS) is 12.5. The van der Waals surface area contributed by atoms with E-state index in [1.807, 2.05) is 0 Å². The Labute approximate surface area is 198 Å². The number of thiol groups is 1. The first-order valence-corrected chi connectivity index (χ1v) is 13.5. The minimum absolute atomic E-state index is 0.0430. The van der Waals surface area contributed by atoms with E-state index in [4.69, 9.17) is 0 Å². The van der Waals surface area contributed by atoms with Crippen molar-refractivity contribution in [2.75, 3.05) is 5.32 Å². The largest absolute Gasteiger partial charge is 0.325 e. The molecule has 1 rings (SSSR count). The van der Waals surface area contributed by atoms with Gasteiger partial charge < -0.3 is 5.32 Å². The van der Waals surface area contributed by atoms with Gasteiger partial charge in [-0.1, -0.05) is 130 Å². The summed E-state index contributed by atoms with van der Waals surface area (Å²) in [4.78, 5) is 12.8. The number of hydrogen-bond acceptors (Lipinski definition) is 2. The number of carbonyl (C=O) groups excluding carboxylic acids is 1. The van der Waals surface area contributed by atoms with Crippen LogP contribution in [-0.2, 0) is 4.79 Å². The zero-order valence-electron chi connectivity index (χ0n) is 21.0. The molecule has 1 amide bonds. The number of carbonyl (C=O) groups is 1. The number of rotatable bonds is 17. The van der Waals surface area contributed by atoms with Crippen molar-refractivity contribution in [3.05, 3.63) is 29.3 Å². The van der Waals surface area contributed by atoms with Crippen LogP contribution in [0.5, 0.6) is 0 Å². The summed E-state index contributed by atoms with van der Waals surface area (Å²) in [7, 11) is 0. The molecule has 0 bridgehead atoms. The minimum Gasteiger partial charge on any atom is -0.325 e. The molecular weight excluding hydrogens is 398 g/mol. The molecule has 0 radical (unpaired) electrons. The van der Waals surface area contributed by atoms with Crippen molar-refractivity contribution in [2.24, 2.45) is 0 Å². The van der Waals surface area contributed by atoms with E-state index in [2.05, 4.69) is 70.8 Å². The summed E-state index contributed by atoms with van der Waals surface area (Å²) < 4.78 is 0. The Hall–Kier alpha value is -0.960. The monoisotopic (exact) mass is 447 g/mol. The molecule has 0 aliphatic rings. The molecule has 0 heterocycles. The average Bonchev–Trinajstić information content (AvgIpc) is 2.74. The van der Waals surface area contributed by atoms with Gasteiger partial charge in [0.2, 0.25) is 5.91 Å². The Morgan fingerprint density at radius 2 is 1.19 bits per heavy atom. The summed E-state index contributed by atoms with van der Waals surface area (Å²) in [6.45, 7) is 11.0. The Bertz CT molecular complexity index is 585. The van der Waals surface area contributed by atoms with Gasteiger partial charge in [-0.05, 0) is 29.4 Å². The molecule has 0 saturated carbocycles. The van der Waals surface area contributed by atoms with Gasteiger partial charge in [0.05, 0.1) is 5.25 Å². The maximum Gasteiger partial charge on any atom is 0.237 e. The van der Waals surface area contributed by atoms with Gasteiger partial charge in [-0.3, -0.25) is 4.79 Å². The number of benzene rings is 1. The van der Waals surface area contributed by atoms with Crippen molar-refractivity contribution in [3.63, 3.8) is 0 Å². The van der Waals surface area contributed by atoms with Gasteiger partial charge in [0, 0.05) is 5.69 Å². The zero-order valence-corrected chi connectivity index (χ0v) is 21.9. The van der Waals surface area contributed by atoms with Gasteiger partial charge in [0.15, 0.2) is 0 Å². The number of nitrogens with one attached hydrogen (secondary N) is 1.